The van der Waals surface area contributed by atoms with Crippen LogP contribution in [0.3, 0.4) is 0 Å². The molecule has 0 aromatic heterocycles. The van der Waals surface area contributed by atoms with Gasteiger partial charge in [-0.2, -0.15) is 0 Å². The average molecular weight is 328 g/mol. The first-order valence-electron chi connectivity index (χ1n) is 8.11. The van der Waals surface area contributed by atoms with Gasteiger partial charge in [-0.05, 0) is 31.6 Å². The van der Waals surface area contributed by atoms with Crippen molar-refractivity contribution in [2.45, 2.75) is 39.7 Å². The van der Waals surface area contributed by atoms with Crippen LogP contribution >= 0.6 is 0 Å². The Balaban J connectivity index is 2.69. The molecule has 0 bridgehead atoms. The number of methoxy groups -OCH3 is 1. The summed E-state index contributed by atoms with van der Waals surface area (Å²) in [6.45, 7) is 7.57. The highest BCUT2D eigenvalue weighted by atomic mass is 16.5. The summed E-state index contributed by atoms with van der Waals surface area (Å²) in [6.07, 6.45) is 1.07. The van der Waals surface area contributed by atoms with E-state index < -0.39 is 23.8 Å². The number of nitrogens with zero attached hydrogens (tertiary/aromatic N) is 1. The van der Waals surface area contributed by atoms with Crippen molar-refractivity contribution in [3.8, 4) is 0 Å². The van der Waals surface area contributed by atoms with E-state index in [0.717, 1.165) is 12.8 Å². The van der Waals surface area contributed by atoms with Crippen molar-refractivity contribution in [1.82, 2.24) is 10.2 Å². The van der Waals surface area contributed by atoms with Crippen LogP contribution in [-0.4, -0.2) is 62.1 Å². The summed E-state index contributed by atoms with van der Waals surface area (Å²) in [4.78, 5) is 37.6. The largest absolute Gasteiger partial charge is 0.453 e. The molecule has 0 spiro atoms. The van der Waals surface area contributed by atoms with Gasteiger partial charge in [0.25, 0.3) is 5.91 Å². The van der Waals surface area contributed by atoms with Crippen molar-refractivity contribution in [1.29, 1.82) is 0 Å². The molecule has 1 unspecified atom stereocenters. The first-order valence-corrected chi connectivity index (χ1v) is 8.11. The first kappa shape index (κ1) is 19.4. The maximum absolute atomic E-state index is 12.3. The van der Waals surface area contributed by atoms with E-state index in [1.165, 1.54) is 12.0 Å². The second-order valence-electron chi connectivity index (χ2n) is 6.32. The number of rotatable bonds is 7. The Hall–Kier alpha value is -1.63. The van der Waals surface area contributed by atoms with Crippen LogP contribution in [0.1, 0.15) is 33.6 Å². The summed E-state index contributed by atoms with van der Waals surface area (Å²) in [5, 5.41) is 2.59. The summed E-state index contributed by atoms with van der Waals surface area (Å²) >= 11 is 0. The molecule has 1 aliphatic heterocycles. The lowest BCUT2D eigenvalue weighted by Crippen LogP contribution is -2.50. The van der Waals surface area contributed by atoms with Crippen molar-refractivity contribution in [2.24, 2.45) is 11.8 Å². The van der Waals surface area contributed by atoms with E-state index in [1.807, 2.05) is 13.8 Å². The zero-order valence-electron chi connectivity index (χ0n) is 14.5. The highest BCUT2D eigenvalue weighted by Gasteiger charge is 2.32. The predicted octanol–water partition coefficient (Wildman–Crippen LogP) is 1.21. The van der Waals surface area contributed by atoms with Gasteiger partial charge < -0.3 is 14.8 Å². The van der Waals surface area contributed by atoms with Gasteiger partial charge in [0.05, 0.1) is 7.11 Å². The van der Waals surface area contributed by atoms with Crippen LogP contribution in [0.4, 0.5) is 4.79 Å². The lowest BCUT2D eigenvalue weighted by molar-refractivity contribution is -0.140. The lowest BCUT2D eigenvalue weighted by atomic mass is 9.98. The Morgan fingerprint density at radius 3 is 2.35 bits per heavy atom. The van der Waals surface area contributed by atoms with Gasteiger partial charge in [-0.15, -0.1) is 0 Å². The molecule has 0 aromatic carbocycles. The number of hydrogen-bond acceptors (Lipinski definition) is 5. The van der Waals surface area contributed by atoms with Gasteiger partial charge in [0.2, 0.25) is 5.78 Å². The number of Topliss-reactive ketones (excluding diaryl/α,β-unsaturated/α-hetero) is 1. The van der Waals surface area contributed by atoms with E-state index >= 15 is 0 Å². The number of carbonyl (C=O) groups is 3. The van der Waals surface area contributed by atoms with Crippen LogP contribution in [0.2, 0.25) is 0 Å². The molecule has 0 aromatic rings. The van der Waals surface area contributed by atoms with Gasteiger partial charge in [0.1, 0.15) is 6.04 Å². The average Bonchev–Trinajstić information content (AvgIpc) is 2.56. The molecule has 1 heterocycles. The molecule has 2 amide bonds. The SMILES string of the molecule is COC(=O)N(CC1CCOCC1)C(C)C(=O)C(=O)NCC(C)C. The summed E-state index contributed by atoms with van der Waals surface area (Å²) in [7, 11) is 1.27. The van der Waals surface area contributed by atoms with E-state index in [0.29, 0.717) is 26.3 Å². The fourth-order valence-corrected chi connectivity index (χ4v) is 2.43. The van der Waals surface area contributed by atoms with Crippen molar-refractivity contribution in [3.63, 3.8) is 0 Å². The smallest absolute Gasteiger partial charge is 0.410 e. The molecule has 7 nitrogen and oxygen atoms in total. The van der Waals surface area contributed by atoms with Gasteiger partial charge in [-0.1, -0.05) is 13.8 Å². The van der Waals surface area contributed by atoms with E-state index in [-0.39, 0.29) is 11.8 Å². The fraction of sp³-hybridized carbons (Fsp3) is 0.812. The van der Waals surface area contributed by atoms with Crippen LogP contribution in [0.25, 0.3) is 0 Å². The Morgan fingerprint density at radius 2 is 1.83 bits per heavy atom. The second kappa shape index (κ2) is 9.50. The number of ketones is 1. The van der Waals surface area contributed by atoms with Gasteiger partial charge in [0, 0.05) is 26.3 Å². The Bertz CT molecular complexity index is 419. The van der Waals surface area contributed by atoms with E-state index in [9.17, 15) is 14.4 Å². The monoisotopic (exact) mass is 328 g/mol. The molecule has 1 fully saturated rings. The molecular weight excluding hydrogens is 300 g/mol. The number of amides is 2. The topological polar surface area (TPSA) is 84.9 Å². The molecule has 1 atom stereocenters. The molecule has 0 aliphatic carbocycles. The van der Waals surface area contributed by atoms with E-state index in [2.05, 4.69) is 5.32 Å². The second-order valence-corrected chi connectivity index (χ2v) is 6.32. The van der Waals surface area contributed by atoms with Gasteiger partial charge in [0.15, 0.2) is 0 Å². The quantitative estimate of drug-likeness (QED) is 0.710. The highest BCUT2D eigenvalue weighted by molar-refractivity contribution is 6.38. The molecule has 1 N–H and O–H groups in total. The summed E-state index contributed by atoms with van der Waals surface area (Å²) in [6, 6.07) is -0.850. The van der Waals surface area contributed by atoms with E-state index in [4.69, 9.17) is 9.47 Å². The number of nitrogens with one attached hydrogen (secondary N) is 1. The summed E-state index contributed by atoms with van der Waals surface area (Å²) in [5.74, 6) is -0.784. The third-order valence-electron chi connectivity index (χ3n) is 3.95. The minimum Gasteiger partial charge on any atom is -0.453 e. The van der Waals surface area contributed by atoms with Crippen LogP contribution in [0.5, 0.6) is 0 Å². The summed E-state index contributed by atoms with van der Waals surface area (Å²) < 4.78 is 10.1. The molecule has 132 valence electrons. The van der Waals surface area contributed by atoms with Crippen molar-refractivity contribution in [3.05, 3.63) is 0 Å². The van der Waals surface area contributed by atoms with Gasteiger partial charge >= 0.3 is 6.09 Å². The third-order valence-corrected chi connectivity index (χ3v) is 3.95. The first-order chi connectivity index (χ1) is 10.9. The Labute approximate surface area is 137 Å². The number of hydrogen-bond donors (Lipinski definition) is 1. The maximum Gasteiger partial charge on any atom is 0.410 e. The van der Waals surface area contributed by atoms with Crippen molar-refractivity contribution >= 4 is 17.8 Å². The molecule has 1 saturated heterocycles. The van der Waals surface area contributed by atoms with Crippen molar-refractivity contribution < 1.29 is 23.9 Å². The lowest BCUT2D eigenvalue weighted by Gasteiger charge is -2.32. The zero-order valence-corrected chi connectivity index (χ0v) is 14.5. The Morgan fingerprint density at radius 1 is 1.22 bits per heavy atom. The van der Waals surface area contributed by atoms with Crippen LogP contribution in [0, 0.1) is 11.8 Å². The van der Waals surface area contributed by atoms with Crippen LogP contribution < -0.4 is 5.32 Å². The Kier molecular flexibility index (Phi) is 8.02. The molecule has 0 saturated carbocycles. The van der Waals surface area contributed by atoms with Crippen molar-refractivity contribution in [2.75, 3.05) is 33.4 Å². The highest BCUT2D eigenvalue weighted by Crippen LogP contribution is 2.18. The standard InChI is InChI=1S/C16H28N2O5/c1-11(2)9-17-15(20)14(19)12(3)18(16(21)22-4)10-13-5-7-23-8-6-13/h11-13H,5-10H2,1-4H3,(H,17,20). The zero-order chi connectivity index (χ0) is 17.4. The number of ether oxygens (including phenoxy) is 2. The normalized spacial score (nSPS) is 16.7. The minimum absolute atomic E-state index is 0.247. The van der Waals surface area contributed by atoms with Crippen LogP contribution in [-0.2, 0) is 19.1 Å². The van der Waals surface area contributed by atoms with Gasteiger partial charge in [-0.3, -0.25) is 14.5 Å². The molecule has 23 heavy (non-hydrogen) atoms. The molecule has 0 radical (unpaired) electrons. The number of carbonyl (C=O) groups excluding carboxylic acids is 3. The van der Waals surface area contributed by atoms with Gasteiger partial charge in [-0.25, -0.2) is 4.79 Å². The third kappa shape index (κ3) is 6.17. The molecule has 7 heteroatoms. The molecular formula is C16H28N2O5. The maximum atomic E-state index is 12.3. The molecule has 1 aliphatic rings. The predicted molar refractivity (Wildman–Crippen MR) is 85.0 cm³/mol. The van der Waals surface area contributed by atoms with Crippen LogP contribution in [0.15, 0.2) is 0 Å². The minimum atomic E-state index is -0.850. The summed E-state index contributed by atoms with van der Waals surface area (Å²) in [5.41, 5.74) is 0. The van der Waals surface area contributed by atoms with E-state index in [1.54, 1.807) is 6.92 Å². The fourth-order valence-electron chi connectivity index (χ4n) is 2.43. The molecule has 1 rings (SSSR count).